The maximum atomic E-state index is 13.0. The first-order chi connectivity index (χ1) is 10.9. The molecule has 9 heteroatoms. The molecular formula is C14H20FN3O4S. The number of nitrogens with one attached hydrogen (secondary N) is 1. The fraction of sp³-hybridized carbons (Fsp3) is 0.500. The number of hydrogen-bond donors (Lipinski definition) is 1. The summed E-state index contributed by atoms with van der Waals surface area (Å²) in [5.41, 5.74) is 0. The van der Waals surface area contributed by atoms with Crippen LogP contribution in [0.4, 0.5) is 9.18 Å². The second-order valence-corrected chi connectivity index (χ2v) is 7.17. The maximum Gasteiger partial charge on any atom is 0.317 e. The Morgan fingerprint density at radius 2 is 2.00 bits per heavy atom. The van der Waals surface area contributed by atoms with Crippen LogP contribution in [0, 0.1) is 5.82 Å². The topological polar surface area (TPSA) is 79.0 Å². The SMILES string of the molecule is CS(=O)(=O)N1CCN(C(=O)NCCOc2cccc(F)c2)CC1. The summed E-state index contributed by atoms with van der Waals surface area (Å²) < 4.78 is 42.4. The van der Waals surface area contributed by atoms with Crippen LogP contribution in [0.5, 0.6) is 5.75 Å². The summed E-state index contributed by atoms with van der Waals surface area (Å²) in [6.07, 6.45) is 1.16. The van der Waals surface area contributed by atoms with E-state index in [1.165, 1.54) is 16.4 Å². The van der Waals surface area contributed by atoms with E-state index in [1.54, 1.807) is 17.0 Å². The molecule has 0 aromatic heterocycles. The zero-order chi connectivity index (χ0) is 16.9. The van der Waals surface area contributed by atoms with Gasteiger partial charge in [0.2, 0.25) is 10.0 Å². The summed E-state index contributed by atoms with van der Waals surface area (Å²) in [6, 6.07) is 5.51. The Bertz CT molecular complexity index is 645. The van der Waals surface area contributed by atoms with Gasteiger partial charge in [0, 0.05) is 32.2 Å². The Labute approximate surface area is 135 Å². The van der Waals surface area contributed by atoms with Gasteiger partial charge < -0.3 is 15.0 Å². The van der Waals surface area contributed by atoms with E-state index < -0.39 is 10.0 Å². The van der Waals surface area contributed by atoms with Gasteiger partial charge in [0.25, 0.3) is 0 Å². The Morgan fingerprint density at radius 1 is 1.30 bits per heavy atom. The van der Waals surface area contributed by atoms with E-state index in [-0.39, 0.29) is 25.0 Å². The molecule has 7 nitrogen and oxygen atoms in total. The lowest BCUT2D eigenvalue weighted by Crippen LogP contribution is -2.53. The Morgan fingerprint density at radius 3 is 2.61 bits per heavy atom. The number of hydrogen-bond acceptors (Lipinski definition) is 4. The monoisotopic (exact) mass is 345 g/mol. The molecule has 0 bridgehead atoms. The van der Waals surface area contributed by atoms with Crippen molar-refractivity contribution in [2.75, 3.05) is 45.6 Å². The number of piperazine rings is 1. The van der Waals surface area contributed by atoms with Crippen LogP contribution < -0.4 is 10.1 Å². The molecule has 0 radical (unpaired) electrons. The minimum Gasteiger partial charge on any atom is -0.492 e. The van der Waals surface area contributed by atoms with Gasteiger partial charge in [-0.1, -0.05) is 6.07 Å². The summed E-state index contributed by atoms with van der Waals surface area (Å²) in [4.78, 5) is 13.5. The predicted molar refractivity (Wildman–Crippen MR) is 83.3 cm³/mol. The smallest absolute Gasteiger partial charge is 0.317 e. The lowest BCUT2D eigenvalue weighted by Gasteiger charge is -2.33. The normalized spacial score (nSPS) is 16.2. The number of urea groups is 1. The molecule has 2 rings (SSSR count). The van der Waals surface area contributed by atoms with Crippen molar-refractivity contribution in [1.82, 2.24) is 14.5 Å². The van der Waals surface area contributed by atoms with E-state index in [4.69, 9.17) is 4.74 Å². The fourth-order valence-electron chi connectivity index (χ4n) is 2.22. The number of benzene rings is 1. The molecule has 0 aliphatic carbocycles. The molecule has 1 heterocycles. The summed E-state index contributed by atoms with van der Waals surface area (Å²) in [5.74, 6) is 0.0244. The van der Waals surface area contributed by atoms with E-state index in [1.807, 2.05) is 0 Å². The Kier molecular flexibility index (Phi) is 5.78. The number of carbonyl (C=O) groups is 1. The second-order valence-electron chi connectivity index (χ2n) is 5.19. The Hall–Kier alpha value is -1.87. The first kappa shape index (κ1) is 17.5. The minimum atomic E-state index is -3.21. The van der Waals surface area contributed by atoms with Gasteiger partial charge in [0.05, 0.1) is 12.8 Å². The van der Waals surface area contributed by atoms with E-state index in [9.17, 15) is 17.6 Å². The van der Waals surface area contributed by atoms with Crippen molar-refractivity contribution in [2.24, 2.45) is 0 Å². The number of amides is 2. The molecular weight excluding hydrogens is 325 g/mol. The van der Waals surface area contributed by atoms with Gasteiger partial charge in [-0.15, -0.1) is 0 Å². The van der Waals surface area contributed by atoms with Gasteiger partial charge in [0.1, 0.15) is 18.2 Å². The molecule has 23 heavy (non-hydrogen) atoms. The molecule has 2 amide bonds. The first-order valence-corrected chi connectivity index (χ1v) is 9.07. The number of rotatable bonds is 5. The summed E-state index contributed by atoms with van der Waals surface area (Å²) in [5, 5.41) is 2.69. The molecule has 1 aliphatic heterocycles. The molecule has 1 aliphatic rings. The highest BCUT2D eigenvalue weighted by Gasteiger charge is 2.25. The summed E-state index contributed by atoms with van der Waals surface area (Å²) in [7, 11) is -3.21. The lowest BCUT2D eigenvalue weighted by atomic mass is 10.3. The first-order valence-electron chi connectivity index (χ1n) is 7.22. The van der Waals surface area contributed by atoms with Crippen molar-refractivity contribution in [3.8, 4) is 5.75 Å². The number of carbonyl (C=O) groups excluding carboxylic acids is 1. The van der Waals surface area contributed by atoms with Crippen LogP contribution in [0.2, 0.25) is 0 Å². The largest absolute Gasteiger partial charge is 0.492 e. The third-order valence-corrected chi connectivity index (χ3v) is 4.74. The van der Waals surface area contributed by atoms with E-state index >= 15 is 0 Å². The van der Waals surface area contributed by atoms with Gasteiger partial charge in [-0.05, 0) is 12.1 Å². The van der Waals surface area contributed by atoms with Gasteiger partial charge >= 0.3 is 6.03 Å². The molecule has 1 fully saturated rings. The quantitative estimate of drug-likeness (QED) is 0.788. The van der Waals surface area contributed by atoms with Crippen molar-refractivity contribution >= 4 is 16.1 Å². The molecule has 128 valence electrons. The van der Waals surface area contributed by atoms with Crippen LogP contribution in [-0.4, -0.2) is 69.2 Å². The van der Waals surface area contributed by atoms with Gasteiger partial charge in [-0.3, -0.25) is 0 Å². The van der Waals surface area contributed by atoms with Crippen LogP contribution in [-0.2, 0) is 10.0 Å². The standard InChI is InChI=1S/C14H20FN3O4S/c1-23(20,21)18-8-6-17(7-9-18)14(19)16-5-10-22-13-4-2-3-12(15)11-13/h2-4,11H,5-10H2,1H3,(H,16,19). The van der Waals surface area contributed by atoms with Gasteiger partial charge in [-0.2, -0.15) is 4.31 Å². The van der Waals surface area contributed by atoms with Crippen molar-refractivity contribution in [3.05, 3.63) is 30.1 Å². The third-order valence-electron chi connectivity index (χ3n) is 3.44. The van der Waals surface area contributed by atoms with Crippen LogP contribution in [0.3, 0.4) is 0 Å². The Balaban J connectivity index is 1.68. The van der Waals surface area contributed by atoms with Crippen LogP contribution in [0.15, 0.2) is 24.3 Å². The molecule has 0 spiro atoms. The van der Waals surface area contributed by atoms with Crippen molar-refractivity contribution < 1.29 is 22.3 Å². The fourth-order valence-corrected chi connectivity index (χ4v) is 3.04. The minimum absolute atomic E-state index is 0.221. The van der Waals surface area contributed by atoms with Crippen molar-refractivity contribution in [2.45, 2.75) is 0 Å². The van der Waals surface area contributed by atoms with Crippen LogP contribution in [0.25, 0.3) is 0 Å². The third kappa shape index (κ3) is 5.36. The maximum absolute atomic E-state index is 13.0. The highest BCUT2D eigenvalue weighted by atomic mass is 32.2. The van der Waals surface area contributed by atoms with Gasteiger partial charge in [0.15, 0.2) is 0 Å². The molecule has 1 aromatic rings. The number of nitrogens with zero attached hydrogens (tertiary/aromatic N) is 2. The van der Waals surface area contributed by atoms with E-state index in [0.717, 1.165) is 6.26 Å². The summed E-state index contributed by atoms with van der Waals surface area (Å²) in [6.45, 7) is 1.80. The van der Waals surface area contributed by atoms with E-state index in [0.29, 0.717) is 31.9 Å². The molecule has 0 saturated carbocycles. The zero-order valence-electron chi connectivity index (χ0n) is 12.9. The molecule has 1 aromatic carbocycles. The highest BCUT2D eigenvalue weighted by Crippen LogP contribution is 2.11. The van der Waals surface area contributed by atoms with Crippen LogP contribution in [0.1, 0.15) is 0 Å². The van der Waals surface area contributed by atoms with Crippen molar-refractivity contribution in [1.29, 1.82) is 0 Å². The average molecular weight is 345 g/mol. The molecule has 0 atom stereocenters. The van der Waals surface area contributed by atoms with Crippen LogP contribution >= 0.6 is 0 Å². The zero-order valence-corrected chi connectivity index (χ0v) is 13.7. The summed E-state index contributed by atoms with van der Waals surface area (Å²) >= 11 is 0. The number of halogens is 1. The average Bonchev–Trinajstić information content (AvgIpc) is 2.51. The predicted octanol–water partition coefficient (Wildman–Crippen LogP) is 0.491. The lowest BCUT2D eigenvalue weighted by molar-refractivity contribution is 0.170. The number of sulfonamides is 1. The molecule has 1 N–H and O–H groups in total. The molecule has 0 unspecified atom stereocenters. The van der Waals surface area contributed by atoms with Gasteiger partial charge in [-0.25, -0.2) is 17.6 Å². The molecule has 1 saturated heterocycles. The number of ether oxygens (including phenoxy) is 1. The highest BCUT2D eigenvalue weighted by molar-refractivity contribution is 7.88. The van der Waals surface area contributed by atoms with Crippen molar-refractivity contribution in [3.63, 3.8) is 0 Å². The van der Waals surface area contributed by atoms with E-state index in [2.05, 4.69) is 5.32 Å². The second kappa shape index (κ2) is 7.60.